The smallest absolute Gasteiger partial charge is 0.166 e. The van der Waals surface area contributed by atoms with E-state index in [2.05, 4.69) is 45.9 Å². The standard InChI is InChI=1S/C21H31N3S/c25-21(22-17-9-5-2-6-10-17)23-18-13-19-11-12-20(14-18)24(19)15-16-7-3-1-4-8-16/h1,3-4,7-8,17-20H,2,5-6,9-15H2,(H2,22,23,25)/t19-,20-/m1/s1. The lowest BCUT2D eigenvalue weighted by molar-refractivity contribution is 0.114. The predicted molar refractivity (Wildman–Crippen MR) is 108 cm³/mol. The molecular formula is C21H31N3S. The monoisotopic (exact) mass is 357 g/mol. The second kappa shape index (κ2) is 8.05. The van der Waals surface area contributed by atoms with Gasteiger partial charge >= 0.3 is 0 Å². The van der Waals surface area contributed by atoms with Gasteiger partial charge in [-0.15, -0.1) is 0 Å². The highest BCUT2D eigenvalue weighted by molar-refractivity contribution is 7.80. The first-order valence-corrected chi connectivity index (χ1v) is 10.6. The summed E-state index contributed by atoms with van der Waals surface area (Å²) >= 11 is 5.61. The van der Waals surface area contributed by atoms with Crippen molar-refractivity contribution in [3.63, 3.8) is 0 Å². The molecule has 2 N–H and O–H groups in total. The van der Waals surface area contributed by atoms with Crippen molar-refractivity contribution in [2.75, 3.05) is 0 Å². The van der Waals surface area contributed by atoms with Gasteiger partial charge in [-0.05, 0) is 56.3 Å². The van der Waals surface area contributed by atoms with Gasteiger partial charge in [-0.3, -0.25) is 4.90 Å². The van der Waals surface area contributed by atoms with Gasteiger partial charge in [0.15, 0.2) is 5.11 Å². The van der Waals surface area contributed by atoms with E-state index >= 15 is 0 Å². The number of rotatable bonds is 4. The number of hydrogen-bond acceptors (Lipinski definition) is 2. The average molecular weight is 358 g/mol. The van der Waals surface area contributed by atoms with Gasteiger partial charge in [0.1, 0.15) is 0 Å². The minimum Gasteiger partial charge on any atom is -0.360 e. The predicted octanol–water partition coefficient (Wildman–Crippen LogP) is 3.98. The van der Waals surface area contributed by atoms with E-state index in [-0.39, 0.29) is 0 Å². The number of nitrogens with zero attached hydrogens (tertiary/aromatic N) is 1. The maximum atomic E-state index is 5.61. The third kappa shape index (κ3) is 4.35. The highest BCUT2D eigenvalue weighted by Crippen LogP contribution is 2.36. The summed E-state index contributed by atoms with van der Waals surface area (Å²) in [6.07, 6.45) is 11.8. The van der Waals surface area contributed by atoms with Crippen LogP contribution in [-0.4, -0.2) is 34.2 Å². The second-order valence-electron chi connectivity index (χ2n) is 8.16. The van der Waals surface area contributed by atoms with Gasteiger partial charge in [-0.25, -0.2) is 0 Å². The zero-order valence-corrected chi connectivity index (χ0v) is 15.9. The summed E-state index contributed by atoms with van der Waals surface area (Å²) in [5.74, 6) is 0. The van der Waals surface area contributed by atoms with Crippen molar-refractivity contribution < 1.29 is 0 Å². The number of thiocarbonyl (C=S) groups is 1. The molecule has 2 atom stereocenters. The fourth-order valence-electron chi connectivity index (χ4n) is 5.10. The zero-order chi connectivity index (χ0) is 17.1. The van der Waals surface area contributed by atoms with Crippen LogP contribution in [0.4, 0.5) is 0 Å². The van der Waals surface area contributed by atoms with Gasteiger partial charge in [0.2, 0.25) is 0 Å². The first kappa shape index (κ1) is 17.3. The Morgan fingerprint density at radius 3 is 2.20 bits per heavy atom. The molecule has 25 heavy (non-hydrogen) atoms. The molecule has 2 bridgehead atoms. The van der Waals surface area contributed by atoms with Crippen molar-refractivity contribution in [3.8, 4) is 0 Å². The number of benzene rings is 1. The summed E-state index contributed by atoms with van der Waals surface area (Å²) < 4.78 is 0. The Morgan fingerprint density at radius 1 is 0.880 bits per heavy atom. The van der Waals surface area contributed by atoms with E-state index in [0.29, 0.717) is 24.2 Å². The molecule has 2 heterocycles. The lowest BCUT2D eigenvalue weighted by Gasteiger charge is -2.40. The van der Waals surface area contributed by atoms with Gasteiger partial charge in [0.25, 0.3) is 0 Å². The Morgan fingerprint density at radius 2 is 1.52 bits per heavy atom. The normalized spacial score (nSPS) is 30.2. The maximum Gasteiger partial charge on any atom is 0.166 e. The summed E-state index contributed by atoms with van der Waals surface area (Å²) in [7, 11) is 0. The van der Waals surface area contributed by atoms with Crippen molar-refractivity contribution >= 4 is 17.3 Å². The fraction of sp³-hybridized carbons (Fsp3) is 0.667. The van der Waals surface area contributed by atoms with Crippen LogP contribution in [0, 0.1) is 0 Å². The second-order valence-corrected chi connectivity index (χ2v) is 8.57. The van der Waals surface area contributed by atoms with Crippen molar-refractivity contribution in [1.82, 2.24) is 15.5 Å². The van der Waals surface area contributed by atoms with Crippen LogP contribution in [-0.2, 0) is 6.54 Å². The Kier molecular flexibility index (Phi) is 5.57. The van der Waals surface area contributed by atoms with Crippen LogP contribution in [0.2, 0.25) is 0 Å². The molecule has 0 aromatic heterocycles. The highest BCUT2D eigenvalue weighted by Gasteiger charge is 2.40. The summed E-state index contributed by atoms with van der Waals surface area (Å²) in [5.41, 5.74) is 1.44. The number of fused-ring (bicyclic) bond motifs is 2. The Labute approximate surface area is 157 Å². The van der Waals surface area contributed by atoms with Crippen LogP contribution >= 0.6 is 12.2 Å². The van der Waals surface area contributed by atoms with Crippen LogP contribution in [0.1, 0.15) is 63.4 Å². The van der Waals surface area contributed by atoms with E-state index < -0.39 is 0 Å². The van der Waals surface area contributed by atoms with E-state index in [1.807, 2.05) is 0 Å². The van der Waals surface area contributed by atoms with Crippen molar-refractivity contribution in [1.29, 1.82) is 0 Å². The largest absolute Gasteiger partial charge is 0.360 e. The van der Waals surface area contributed by atoms with Gasteiger partial charge in [0.05, 0.1) is 0 Å². The summed E-state index contributed by atoms with van der Waals surface area (Å²) in [6, 6.07) is 13.5. The molecule has 1 aliphatic carbocycles. The average Bonchev–Trinajstić information content (AvgIpc) is 2.86. The summed E-state index contributed by atoms with van der Waals surface area (Å²) in [4.78, 5) is 2.74. The SMILES string of the molecule is S=C(NC1CCCCC1)NC1C[C@H]2CC[C@H](C1)N2Cc1ccccc1. The lowest BCUT2D eigenvalue weighted by Crippen LogP contribution is -2.53. The molecular weight excluding hydrogens is 326 g/mol. The number of piperidine rings is 1. The van der Waals surface area contributed by atoms with Crippen LogP contribution in [0.5, 0.6) is 0 Å². The van der Waals surface area contributed by atoms with E-state index in [1.165, 1.54) is 63.4 Å². The molecule has 3 nitrogen and oxygen atoms in total. The molecule has 1 saturated carbocycles. The molecule has 4 heteroatoms. The Bertz CT molecular complexity index is 556. The van der Waals surface area contributed by atoms with Crippen LogP contribution in [0.25, 0.3) is 0 Å². The number of hydrogen-bond donors (Lipinski definition) is 2. The third-order valence-corrected chi connectivity index (χ3v) is 6.60. The molecule has 1 aromatic carbocycles. The van der Waals surface area contributed by atoms with E-state index in [4.69, 9.17) is 12.2 Å². The van der Waals surface area contributed by atoms with E-state index in [0.717, 1.165) is 11.7 Å². The van der Waals surface area contributed by atoms with Crippen LogP contribution in [0.15, 0.2) is 30.3 Å². The van der Waals surface area contributed by atoms with E-state index in [9.17, 15) is 0 Å². The molecule has 0 spiro atoms. The van der Waals surface area contributed by atoms with Crippen molar-refractivity contribution in [3.05, 3.63) is 35.9 Å². The summed E-state index contributed by atoms with van der Waals surface area (Å²) in [5, 5.41) is 8.12. The fourth-order valence-corrected chi connectivity index (χ4v) is 5.44. The molecule has 0 unspecified atom stereocenters. The minimum absolute atomic E-state index is 0.549. The van der Waals surface area contributed by atoms with Crippen LogP contribution in [0.3, 0.4) is 0 Å². The molecule has 3 aliphatic rings. The van der Waals surface area contributed by atoms with Gasteiger partial charge in [-0.1, -0.05) is 49.6 Å². The molecule has 1 aromatic rings. The van der Waals surface area contributed by atoms with Gasteiger partial charge in [-0.2, -0.15) is 0 Å². The quantitative estimate of drug-likeness (QED) is 0.797. The summed E-state index contributed by atoms with van der Waals surface area (Å²) in [6.45, 7) is 1.10. The highest BCUT2D eigenvalue weighted by atomic mass is 32.1. The molecule has 0 radical (unpaired) electrons. The van der Waals surface area contributed by atoms with Crippen molar-refractivity contribution in [2.24, 2.45) is 0 Å². The molecule has 4 rings (SSSR count). The Balaban J connectivity index is 1.28. The van der Waals surface area contributed by atoms with Gasteiger partial charge in [0, 0.05) is 30.7 Å². The molecule has 0 amide bonds. The first-order valence-electron chi connectivity index (χ1n) is 10.1. The minimum atomic E-state index is 0.549. The van der Waals surface area contributed by atoms with Gasteiger partial charge < -0.3 is 10.6 Å². The topological polar surface area (TPSA) is 27.3 Å². The lowest BCUT2D eigenvalue weighted by atomic mass is 9.95. The van der Waals surface area contributed by atoms with Crippen LogP contribution < -0.4 is 10.6 Å². The molecule has 136 valence electrons. The number of nitrogens with one attached hydrogen (secondary N) is 2. The molecule has 2 saturated heterocycles. The molecule has 3 fully saturated rings. The zero-order valence-electron chi connectivity index (χ0n) is 15.1. The molecule has 2 aliphatic heterocycles. The third-order valence-electron chi connectivity index (χ3n) is 6.37. The van der Waals surface area contributed by atoms with Crippen molar-refractivity contribution in [2.45, 2.75) is 88.5 Å². The van der Waals surface area contributed by atoms with E-state index in [1.54, 1.807) is 0 Å². The maximum absolute atomic E-state index is 5.61. The Hall–Kier alpha value is -1.13. The first-order chi connectivity index (χ1) is 12.3.